The quantitative estimate of drug-likeness (QED) is 0.464. The van der Waals surface area contributed by atoms with Crippen LogP contribution in [-0.2, 0) is 0 Å². The molecule has 2 aromatic heterocycles. The van der Waals surface area contributed by atoms with Gasteiger partial charge in [0.05, 0.1) is 10.9 Å². The number of amides is 1. The fraction of sp³-hybridized carbons (Fsp3) is 0.111. The molecule has 0 spiro atoms. The van der Waals surface area contributed by atoms with Crippen molar-refractivity contribution in [3.63, 3.8) is 0 Å². The van der Waals surface area contributed by atoms with Crippen LogP contribution in [0.25, 0.3) is 0 Å². The van der Waals surface area contributed by atoms with Gasteiger partial charge in [-0.1, -0.05) is 6.07 Å². The number of hydrazone groups is 1. The van der Waals surface area contributed by atoms with Crippen molar-refractivity contribution in [3.8, 4) is 0 Å². The minimum Gasteiger partial charge on any atom is -0.359 e. The Bertz CT molecular complexity index is 570. The van der Waals surface area contributed by atoms with Crippen LogP contribution in [0.2, 0.25) is 0 Å². The Morgan fingerprint density at radius 3 is 3.06 bits per heavy atom. The topological polar surface area (TPSA) is 120 Å². The predicted octanol–water partition coefficient (Wildman–Crippen LogP) is 0.106. The van der Waals surface area contributed by atoms with Gasteiger partial charge in [0.25, 0.3) is 0 Å². The molecule has 0 saturated heterocycles. The summed E-state index contributed by atoms with van der Waals surface area (Å²) < 4.78 is 4.17. The fourth-order valence-electron chi connectivity index (χ4n) is 1.18. The summed E-state index contributed by atoms with van der Waals surface area (Å²) in [4.78, 5) is 12.4. The first kappa shape index (κ1) is 12.0. The summed E-state index contributed by atoms with van der Waals surface area (Å²) in [5, 5.41) is 20.0. The van der Waals surface area contributed by atoms with E-state index in [2.05, 4.69) is 20.3 Å². The van der Waals surface area contributed by atoms with Gasteiger partial charge in [-0.3, -0.25) is 9.42 Å². The summed E-state index contributed by atoms with van der Waals surface area (Å²) in [5.74, 6) is -1.06. The van der Waals surface area contributed by atoms with E-state index in [0.717, 1.165) is 4.88 Å². The van der Waals surface area contributed by atoms with Gasteiger partial charge in [0.2, 0.25) is 0 Å². The van der Waals surface area contributed by atoms with Crippen molar-refractivity contribution in [1.82, 2.24) is 10.6 Å². The molecular weight excluding hydrogens is 258 g/mol. The summed E-state index contributed by atoms with van der Waals surface area (Å²) in [5.41, 5.74) is 7.72. The monoisotopic (exact) mass is 267 g/mol. The lowest BCUT2D eigenvalue weighted by molar-refractivity contribution is -0.803. The summed E-state index contributed by atoms with van der Waals surface area (Å²) >= 11 is 1.48. The molecule has 2 heterocycles. The van der Waals surface area contributed by atoms with Crippen molar-refractivity contribution in [2.24, 2.45) is 5.10 Å². The minimum atomic E-state index is -0.778. The van der Waals surface area contributed by atoms with Gasteiger partial charge in [0, 0.05) is 4.88 Å². The molecule has 2 aromatic rings. The van der Waals surface area contributed by atoms with E-state index < -0.39 is 11.6 Å². The molecule has 0 fully saturated rings. The third-order valence-electron chi connectivity index (χ3n) is 2.06. The van der Waals surface area contributed by atoms with E-state index in [1.54, 1.807) is 6.92 Å². The van der Waals surface area contributed by atoms with Crippen LogP contribution in [0.15, 0.2) is 27.2 Å². The lowest BCUT2D eigenvalue weighted by atomic mass is 10.3. The average molecular weight is 267 g/mol. The Balaban J connectivity index is 2.12. The van der Waals surface area contributed by atoms with Gasteiger partial charge >= 0.3 is 17.4 Å². The number of carbonyl (C=O) groups excluding carboxylic acids is 1. The lowest BCUT2D eigenvalue weighted by Crippen LogP contribution is -2.36. The van der Waals surface area contributed by atoms with E-state index in [9.17, 15) is 10.0 Å². The number of nitrogen functional groups attached to an aromatic ring is 1. The maximum absolute atomic E-state index is 11.6. The van der Waals surface area contributed by atoms with Crippen LogP contribution < -0.4 is 16.1 Å². The molecule has 0 radical (unpaired) electrons. The molecule has 1 amide bonds. The maximum atomic E-state index is 11.6. The van der Waals surface area contributed by atoms with Gasteiger partial charge in [-0.2, -0.15) is 5.10 Å². The van der Waals surface area contributed by atoms with Crippen LogP contribution in [0.3, 0.4) is 0 Å². The molecule has 0 saturated carbocycles. The third-order valence-corrected chi connectivity index (χ3v) is 3.04. The molecule has 2 rings (SSSR count). The molecule has 0 aliphatic rings. The molecule has 0 atom stereocenters. The Morgan fingerprint density at radius 2 is 2.50 bits per heavy atom. The second-order valence-electron chi connectivity index (χ2n) is 3.28. The lowest BCUT2D eigenvalue weighted by Gasteiger charge is -1.98. The minimum absolute atomic E-state index is 0.0688. The van der Waals surface area contributed by atoms with Crippen LogP contribution in [0.1, 0.15) is 22.3 Å². The Hall–Kier alpha value is -2.42. The van der Waals surface area contributed by atoms with Gasteiger partial charge in [0.15, 0.2) is 0 Å². The van der Waals surface area contributed by atoms with Crippen molar-refractivity contribution in [2.75, 3.05) is 5.73 Å². The van der Waals surface area contributed by atoms with Gasteiger partial charge in [-0.05, 0) is 23.3 Å². The zero-order chi connectivity index (χ0) is 13.1. The van der Waals surface area contributed by atoms with E-state index in [0.29, 0.717) is 5.71 Å². The number of aromatic nitrogens is 2. The molecule has 18 heavy (non-hydrogen) atoms. The van der Waals surface area contributed by atoms with Crippen molar-refractivity contribution in [2.45, 2.75) is 6.92 Å². The molecule has 9 heteroatoms. The number of thiophene rings is 1. The molecule has 0 aliphatic heterocycles. The highest BCUT2D eigenvalue weighted by molar-refractivity contribution is 7.12. The standard InChI is InChI=1S/C9H9N5O3S/c1-5(6-3-2-4-18-6)11-12-9(15)7-8(10)13-17-14(7)16/h2-4H,1H3,(H2,10,13)(H,12,15)/b11-5+. The van der Waals surface area contributed by atoms with Crippen LogP contribution in [0.4, 0.5) is 5.82 Å². The Morgan fingerprint density at radius 1 is 1.72 bits per heavy atom. The van der Waals surface area contributed by atoms with Crippen molar-refractivity contribution < 1.29 is 14.3 Å². The Labute approximate surface area is 105 Å². The number of hydrogen-bond acceptors (Lipinski definition) is 7. The van der Waals surface area contributed by atoms with Gasteiger partial charge in [-0.25, -0.2) is 5.43 Å². The first-order valence-corrected chi connectivity index (χ1v) is 5.71. The molecule has 0 bridgehead atoms. The SMILES string of the molecule is C/C(=N\NC(=O)c1c(N)no[n+]1[O-])c1cccs1. The van der Waals surface area contributed by atoms with Gasteiger partial charge in [0.1, 0.15) is 0 Å². The molecule has 0 unspecified atom stereocenters. The van der Waals surface area contributed by atoms with E-state index in [-0.39, 0.29) is 10.7 Å². The predicted molar refractivity (Wildman–Crippen MR) is 63.9 cm³/mol. The highest BCUT2D eigenvalue weighted by atomic mass is 32.1. The van der Waals surface area contributed by atoms with E-state index in [1.807, 2.05) is 17.5 Å². The number of nitrogens with two attached hydrogens (primary N) is 1. The first-order valence-electron chi connectivity index (χ1n) is 4.83. The normalized spacial score (nSPS) is 11.5. The number of nitrogens with one attached hydrogen (secondary N) is 1. The highest BCUT2D eigenvalue weighted by Crippen LogP contribution is 2.09. The van der Waals surface area contributed by atoms with Crippen LogP contribution >= 0.6 is 11.3 Å². The maximum Gasteiger partial charge on any atom is 0.322 e. The van der Waals surface area contributed by atoms with E-state index in [1.165, 1.54) is 11.3 Å². The number of rotatable bonds is 3. The van der Waals surface area contributed by atoms with Crippen LogP contribution in [-0.4, -0.2) is 16.8 Å². The summed E-state index contributed by atoms with van der Waals surface area (Å²) in [7, 11) is 0. The number of hydrogen-bond donors (Lipinski definition) is 2. The van der Waals surface area contributed by atoms with E-state index >= 15 is 0 Å². The average Bonchev–Trinajstić information content (AvgIpc) is 2.96. The zero-order valence-electron chi connectivity index (χ0n) is 9.28. The second kappa shape index (κ2) is 4.84. The molecule has 0 aliphatic carbocycles. The zero-order valence-corrected chi connectivity index (χ0v) is 10.1. The molecular formula is C9H9N5O3S. The van der Waals surface area contributed by atoms with Gasteiger partial charge < -0.3 is 10.9 Å². The van der Waals surface area contributed by atoms with E-state index in [4.69, 9.17) is 5.73 Å². The van der Waals surface area contributed by atoms with Crippen molar-refractivity contribution >= 4 is 28.8 Å². The number of nitrogens with zero attached hydrogens (tertiary/aromatic N) is 3. The fourth-order valence-corrected chi connectivity index (χ4v) is 1.86. The Kier molecular flexibility index (Phi) is 3.24. The largest absolute Gasteiger partial charge is 0.359 e. The van der Waals surface area contributed by atoms with Crippen LogP contribution in [0.5, 0.6) is 0 Å². The summed E-state index contributed by atoms with van der Waals surface area (Å²) in [6, 6.07) is 3.72. The van der Waals surface area contributed by atoms with Crippen molar-refractivity contribution in [1.29, 1.82) is 0 Å². The number of anilines is 1. The summed E-state index contributed by atoms with van der Waals surface area (Å²) in [6.45, 7) is 1.73. The smallest absolute Gasteiger partial charge is 0.322 e. The highest BCUT2D eigenvalue weighted by Gasteiger charge is 2.24. The second-order valence-corrected chi connectivity index (χ2v) is 4.23. The van der Waals surface area contributed by atoms with Crippen molar-refractivity contribution in [3.05, 3.63) is 33.3 Å². The molecule has 0 aromatic carbocycles. The van der Waals surface area contributed by atoms with Gasteiger partial charge in [-0.15, -0.1) is 11.3 Å². The number of carbonyl (C=O) groups is 1. The first-order chi connectivity index (χ1) is 8.59. The molecule has 94 valence electrons. The molecule has 8 nitrogen and oxygen atoms in total. The summed E-state index contributed by atoms with van der Waals surface area (Å²) in [6.07, 6.45) is 0. The van der Waals surface area contributed by atoms with Crippen LogP contribution in [0, 0.1) is 5.21 Å². The third kappa shape index (κ3) is 2.30. The molecule has 3 N–H and O–H groups in total.